The average Bonchev–Trinajstić information content (AvgIpc) is 3.32. The Kier molecular flexibility index (Phi) is 6.99. The molecule has 1 aromatic heterocycles. The molecule has 4 aromatic rings. The molecule has 0 unspecified atom stereocenters. The van der Waals surface area contributed by atoms with E-state index in [1.807, 2.05) is 6.07 Å². The summed E-state index contributed by atoms with van der Waals surface area (Å²) in [7, 11) is -0.950. The van der Waals surface area contributed by atoms with Crippen LogP contribution >= 0.6 is 11.3 Å². The number of thiazole rings is 1. The number of sulfonamides is 1. The second kappa shape index (κ2) is 10.1. The Morgan fingerprint density at radius 1 is 0.971 bits per heavy atom. The molecule has 0 radical (unpaired) electrons. The van der Waals surface area contributed by atoms with Gasteiger partial charge in [0.2, 0.25) is 0 Å². The number of amides is 1. The zero-order valence-electron chi connectivity index (χ0n) is 18.6. The molecule has 2 N–H and O–H groups in total. The Balaban J connectivity index is 1.54. The first kappa shape index (κ1) is 24.2. The fourth-order valence-electron chi connectivity index (χ4n) is 3.21. The summed E-state index contributed by atoms with van der Waals surface area (Å²) in [4.78, 5) is 17.3. The number of benzene rings is 3. The molecule has 1 heterocycles. The van der Waals surface area contributed by atoms with Gasteiger partial charge in [0.25, 0.3) is 15.9 Å². The number of aromatic nitrogens is 1. The number of rotatable bonds is 8. The molecule has 8 nitrogen and oxygen atoms in total. The average molecular weight is 514 g/mol. The standard InChI is InChI=1S/C24H20FN3O5S2/c1-32-21-12-7-15(13-22(21)33-2)20-14-34-24(26-20)27-23(29)18-5-3-4-6-19(18)28-35(30,31)17-10-8-16(25)9-11-17/h3-14,28H,1-2H3,(H,26,27,29). The monoisotopic (exact) mass is 513 g/mol. The number of hydrogen-bond acceptors (Lipinski definition) is 7. The lowest BCUT2D eigenvalue weighted by molar-refractivity contribution is 0.102. The molecule has 4 rings (SSSR count). The van der Waals surface area contributed by atoms with Crippen LogP contribution in [-0.4, -0.2) is 33.5 Å². The molecule has 0 spiro atoms. The van der Waals surface area contributed by atoms with Crippen LogP contribution in [0, 0.1) is 5.82 Å². The Hall–Kier alpha value is -3.96. The highest BCUT2D eigenvalue weighted by Crippen LogP contribution is 2.33. The van der Waals surface area contributed by atoms with Gasteiger partial charge < -0.3 is 9.47 Å². The van der Waals surface area contributed by atoms with E-state index in [0.29, 0.717) is 22.3 Å². The van der Waals surface area contributed by atoms with E-state index >= 15 is 0 Å². The van der Waals surface area contributed by atoms with Gasteiger partial charge in [-0.2, -0.15) is 0 Å². The van der Waals surface area contributed by atoms with Gasteiger partial charge in [0.15, 0.2) is 16.6 Å². The summed E-state index contributed by atoms with van der Waals surface area (Å²) in [6.45, 7) is 0. The smallest absolute Gasteiger partial charge is 0.261 e. The van der Waals surface area contributed by atoms with Gasteiger partial charge in [-0.1, -0.05) is 12.1 Å². The number of hydrogen-bond donors (Lipinski definition) is 2. The number of para-hydroxylation sites is 1. The number of halogens is 1. The normalized spacial score (nSPS) is 11.1. The van der Waals surface area contributed by atoms with E-state index in [0.717, 1.165) is 29.8 Å². The van der Waals surface area contributed by atoms with Crippen LogP contribution in [0.1, 0.15) is 10.4 Å². The molecule has 1 amide bonds. The van der Waals surface area contributed by atoms with Crippen LogP contribution in [0.5, 0.6) is 11.5 Å². The minimum absolute atomic E-state index is 0.0750. The van der Waals surface area contributed by atoms with Gasteiger partial charge in [-0.05, 0) is 54.6 Å². The lowest BCUT2D eigenvalue weighted by atomic mass is 10.1. The molecule has 0 aliphatic heterocycles. The van der Waals surface area contributed by atoms with Crippen molar-refractivity contribution in [2.24, 2.45) is 0 Å². The maximum absolute atomic E-state index is 13.2. The molecule has 0 aliphatic rings. The molecule has 180 valence electrons. The SMILES string of the molecule is COc1ccc(-c2csc(NC(=O)c3ccccc3NS(=O)(=O)c3ccc(F)cc3)n2)cc1OC. The van der Waals surface area contributed by atoms with Gasteiger partial charge in [0.1, 0.15) is 5.82 Å². The first-order valence-electron chi connectivity index (χ1n) is 10.2. The van der Waals surface area contributed by atoms with Gasteiger partial charge in [0, 0.05) is 10.9 Å². The minimum Gasteiger partial charge on any atom is -0.493 e. The van der Waals surface area contributed by atoms with Crippen LogP contribution in [0.4, 0.5) is 15.2 Å². The molecule has 0 saturated carbocycles. The van der Waals surface area contributed by atoms with Crippen molar-refractivity contribution in [2.45, 2.75) is 4.90 Å². The maximum atomic E-state index is 13.2. The van der Waals surface area contributed by atoms with E-state index in [4.69, 9.17) is 9.47 Å². The van der Waals surface area contributed by atoms with Crippen LogP contribution in [0.2, 0.25) is 0 Å². The van der Waals surface area contributed by atoms with Crippen molar-refractivity contribution in [1.29, 1.82) is 0 Å². The number of ether oxygens (including phenoxy) is 2. The fourth-order valence-corrected chi connectivity index (χ4v) is 5.01. The quantitative estimate of drug-likeness (QED) is 0.343. The third-order valence-corrected chi connectivity index (χ3v) is 7.08. The van der Waals surface area contributed by atoms with Crippen molar-refractivity contribution in [1.82, 2.24) is 4.98 Å². The van der Waals surface area contributed by atoms with Gasteiger partial charge in [-0.25, -0.2) is 17.8 Å². The Labute approximate surface area is 205 Å². The van der Waals surface area contributed by atoms with Crippen LogP contribution in [-0.2, 0) is 10.0 Å². The van der Waals surface area contributed by atoms with Crippen LogP contribution in [0.15, 0.2) is 77.0 Å². The molecule has 0 aliphatic carbocycles. The summed E-state index contributed by atoms with van der Waals surface area (Å²) in [5.74, 6) is 0.0286. The molecular weight excluding hydrogens is 493 g/mol. The largest absolute Gasteiger partial charge is 0.493 e. The van der Waals surface area contributed by atoms with Crippen molar-refractivity contribution in [3.05, 3.63) is 83.5 Å². The predicted molar refractivity (Wildman–Crippen MR) is 132 cm³/mol. The van der Waals surface area contributed by atoms with E-state index in [2.05, 4.69) is 15.0 Å². The van der Waals surface area contributed by atoms with Gasteiger partial charge in [0.05, 0.1) is 36.1 Å². The summed E-state index contributed by atoms with van der Waals surface area (Å²) in [6, 6.07) is 15.9. The number of nitrogens with zero attached hydrogens (tertiary/aromatic N) is 1. The number of methoxy groups -OCH3 is 2. The topological polar surface area (TPSA) is 107 Å². The molecule has 0 atom stereocenters. The van der Waals surface area contributed by atoms with Crippen molar-refractivity contribution in [2.75, 3.05) is 24.3 Å². The van der Waals surface area contributed by atoms with Crippen molar-refractivity contribution >= 4 is 38.1 Å². The first-order valence-corrected chi connectivity index (χ1v) is 12.5. The summed E-state index contributed by atoms with van der Waals surface area (Å²) >= 11 is 1.22. The second-order valence-corrected chi connectivity index (χ2v) is 9.71. The number of nitrogens with one attached hydrogen (secondary N) is 2. The fraction of sp³-hybridized carbons (Fsp3) is 0.0833. The maximum Gasteiger partial charge on any atom is 0.261 e. The van der Waals surface area contributed by atoms with Crippen molar-refractivity contribution in [3.63, 3.8) is 0 Å². The number of carbonyl (C=O) groups excluding carboxylic acids is 1. The van der Waals surface area contributed by atoms with Gasteiger partial charge in [-0.3, -0.25) is 14.8 Å². The second-order valence-electron chi connectivity index (χ2n) is 7.17. The Morgan fingerprint density at radius 3 is 2.40 bits per heavy atom. The van der Waals surface area contributed by atoms with Crippen LogP contribution in [0.25, 0.3) is 11.3 Å². The highest BCUT2D eigenvalue weighted by atomic mass is 32.2. The highest BCUT2D eigenvalue weighted by molar-refractivity contribution is 7.92. The molecule has 0 bridgehead atoms. The van der Waals surface area contributed by atoms with Crippen LogP contribution < -0.4 is 19.5 Å². The van der Waals surface area contributed by atoms with Crippen LogP contribution in [0.3, 0.4) is 0 Å². The van der Waals surface area contributed by atoms with E-state index < -0.39 is 21.7 Å². The Bertz CT molecular complexity index is 1470. The van der Waals surface area contributed by atoms with Gasteiger partial charge in [-0.15, -0.1) is 11.3 Å². The van der Waals surface area contributed by atoms with E-state index in [9.17, 15) is 17.6 Å². The number of anilines is 2. The van der Waals surface area contributed by atoms with E-state index in [1.165, 1.54) is 30.6 Å². The molecule has 0 saturated heterocycles. The first-order chi connectivity index (χ1) is 16.8. The lowest BCUT2D eigenvalue weighted by Gasteiger charge is -2.12. The van der Waals surface area contributed by atoms with Crippen molar-refractivity contribution < 1.29 is 27.1 Å². The molecular formula is C24H20FN3O5S2. The van der Waals surface area contributed by atoms with E-state index in [-0.39, 0.29) is 16.1 Å². The highest BCUT2D eigenvalue weighted by Gasteiger charge is 2.20. The minimum atomic E-state index is -4.04. The molecule has 35 heavy (non-hydrogen) atoms. The molecule has 0 fully saturated rings. The third-order valence-electron chi connectivity index (χ3n) is 4.94. The van der Waals surface area contributed by atoms with Gasteiger partial charge >= 0.3 is 0 Å². The lowest BCUT2D eigenvalue weighted by Crippen LogP contribution is -2.18. The molecule has 11 heteroatoms. The Morgan fingerprint density at radius 2 is 1.69 bits per heavy atom. The summed E-state index contributed by atoms with van der Waals surface area (Å²) < 4.78 is 51.6. The van der Waals surface area contributed by atoms with E-state index in [1.54, 1.807) is 36.8 Å². The molecule has 3 aromatic carbocycles. The zero-order valence-corrected chi connectivity index (χ0v) is 20.2. The van der Waals surface area contributed by atoms with Crippen molar-refractivity contribution in [3.8, 4) is 22.8 Å². The third kappa shape index (κ3) is 5.42. The predicted octanol–water partition coefficient (Wildman–Crippen LogP) is 5.02. The summed E-state index contributed by atoms with van der Waals surface area (Å²) in [6.07, 6.45) is 0. The zero-order chi connectivity index (χ0) is 25.0. The number of carbonyl (C=O) groups is 1. The summed E-state index contributed by atoms with van der Waals surface area (Å²) in [5.41, 5.74) is 1.57. The summed E-state index contributed by atoms with van der Waals surface area (Å²) in [5, 5.41) is 4.81.